The summed E-state index contributed by atoms with van der Waals surface area (Å²) in [6.07, 6.45) is 1.87. The number of para-hydroxylation sites is 2. The van der Waals surface area contributed by atoms with E-state index in [-0.39, 0.29) is 0 Å². The minimum atomic E-state index is 0.733. The summed E-state index contributed by atoms with van der Waals surface area (Å²) >= 11 is 0. The molecule has 0 aliphatic rings. The van der Waals surface area contributed by atoms with Gasteiger partial charge in [-0.2, -0.15) is 9.78 Å². The molecule has 4 heteroatoms. The summed E-state index contributed by atoms with van der Waals surface area (Å²) in [7, 11) is 0. The van der Waals surface area contributed by atoms with Gasteiger partial charge in [-0.25, -0.2) is 4.98 Å². The number of benzene rings is 3. The summed E-state index contributed by atoms with van der Waals surface area (Å²) in [6.45, 7) is 0. The number of rotatable bonds is 2. The van der Waals surface area contributed by atoms with E-state index < -0.39 is 0 Å². The van der Waals surface area contributed by atoms with E-state index in [0.717, 1.165) is 27.9 Å². The SMILES string of the molecule is c1ccc(-c2ccc3cnn(-c4nc5ccccc5[nH]4)c3c2)cc1. The van der Waals surface area contributed by atoms with Crippen molar-refractivity contribution in [1.82, 2.24) is 19.7 Å². The third-order valence-electron chi connectivity index (χ3n) is 4.26. The second kappa shape index (κ2) is 5.06. The number of fused-ring (bicyclic) bond motifs is 2. The molecule has 2 heterocycles. The van der Waals surface area contributed by atoms with Crippen LogP contribution in [-0.2, 0) is 0 Å². The third-order valence-corrected chi connectivity index (χ3v) is 4.26. The smallest absolute Gasteiger partial charge is 0.229 e. The first kappa shape index (κ1) is 13.1. The topological polar surface area (TPSA) is 46.5 Å². The molecule has 0 aliphatic carbocycles. The van der Waals surface area contributed by atoms with E-state index in [1.54, 1.807) is 0 Å². The van der Waals surface area contributed by atoms with Gasteiger partial charge in [-0.1, -0.05) is 54.6 Å². The van der Waals surface area contributed by atoms with E-state index >= 15 is 0 Å². The van der Waals surface area contributed by atoms with Gasteiger partial charge in [-0.15, -0.1) is 0 Å². The van der Waals surface area contributed by atoms with E-state index in [4.69, 9.17) is 0 Å². The monoisotopic (exact) mass is 310 g/mol. The number of nitrogens with zero attached hydrogens (tertiary/aromatic N) is 3. The predicted molar refractivity (Wildman–Crippen MR) is 96.2 cm³/mol. The number of aromatic amines is 1. The summed E-state index contributed by atoms with van der Waals surface area (Å²) < 4.78 is 1.86. The maximum atomic E-state index is 4.65. The summed E-state index contributed by atoms with van der Waals surface area (Å²) in [5.41, 5.74) is 5.35. The van der Waals surface area contributed by atoms with Gasteiger partial charge in [0.15, 0.2) is 0 Å². The van der Waals surface area contributed by atoms with Crippen LogP contribution in [0.3, 0.4) is 0 Å². The van der Waals surface area contributed by atoms with Crippen molar-refractivity contribution in [2.75, 3.05) is 0 Å². The zero-order valence-corrected chi connectivity index (χ0v) is 12.8. The van der Waals surface area contributed by atoms with Crippen LogP contribution < -0.4 is 0 Å². The fraction of sp³-hybridized carbons (Fsp3) is 0. The molecule has 3 aromatic carbocycles. The molecule has 0 unspecified atom stereocenters. The van der Waals surface area contributed by atoms with Crippen LogP contribution in [0.1, 0.15) is 0 Å². The molecule has 5 aromatic rings. The number of imidazole rings is 1. The molecule has 4 nitrogen and oxygen atoms in total. The molecular weight excluding hydrogens is 296 g/mol. The van der Waals surface area contributed by atoms with Crippen LogP contribution in [0.4, 0.5) is 0 Å². The molecule has 0 radical (unpaired) electrons. The molecule has 5 rings (SSSR count). The van der Waals surface area contributed by atoms with Gasteiger partial charge in [-0.3, -0.25) is 0 Å². The minimum Gasteiger partial charge on any atom is -0.322 e. The third kappa shape index (κ3) is 2.01. The van der Waals surface area contributed by atoms with Crippen molar-refractivity contribution in [2.24, 2.45) is 0 Å². The lowest BCUT2D eigenvalue weighted by atomic mass is 10.0. The first-order valence-electron chi connectivity index (χ1n) is 7.87. The summed E-state index contributed by atoms with van der Waals surface area (Å²) in [6, 6.07) is 24.7. The number of hydrogen-bond donors (Lipinski definition) is 1. The van der Waals surface area contributed by atoms with E-state index in [2.05, 4.69) is 57.5 Å². The van der Waals surface area contributed by atoms with Crippen LogP contribution in [-0.4, -0.2) is 19.7 Å². The lowest BCUT2D eigenvalue weighted by Gasteiger charge is -2.03. The van der Waals surface area contributed by atoms with Gasteiger partial charge >= 0.3 is 0 Å². The van der Waals surface area contributed by atoms with Crippen LogP contribution in [0.2, 0.25) is 0 Å². The predicted octanol–water partition coefficient (Wildman–Crippen LogP) is 4.57. The lowest BCUT2D eigenvalue weighted by molar-refractivity contribution is 0.856. The second-order valence-electron chi connectivity index (χ2n) is 5.77. The Morgan fingerprint density at radius 1 is 0.792 bits per heavy atom. The fourth-order valence-corrected chi connectivity index (χ4v) is 3.04. The van der Waals surface area contributed by atoms with Crippen molar-refractivity contribution >= 4 is 21.9 Å². The van der Waals surface area contributed by atoms with Crippen LogP contribution in [0, 0.1) is 0 Å². The maximum Gasteiger partial charge on any atom is 0.229 e. The first-order valence-corrected chi connectivity index (χ1v) is 7.87. The van der Waals surface area contributed by atoms with Crippen molar-refractivity contribution < 1.29 is 0 Å². The zero-order valence-electron chi connectivity index (χ0n) is 12.8. The van der Waals surface area contributed by atoms with Crippen molar-refractivity contribution in [3.05, 3.63) is 79.0 Å². The maximum absolute atomic E-state index is 4.65. The molecule has 0 aliphatic heterocycles. The Balaban J connectivity index is 1.71. The molecule has 0 saturated carbocycles. The second-order valence-corrected chi connectivity index (χ2v) is 5.77. The van der Waals surface area contributed by atoms with E-state index in [9.17, 15) is 0 Å². The quantitative estimate of drug-likeness (QED) is 0.519. The Kier molecular flexibility index (Phi) is 2.76. The highest BCUT2D eigenvalue weighted by Crippen LogP contribution is 2.26. The summed E-state index contributed by atoms with van der Waals surface area (Å²) in [5.74, 6) is 0.733. The molecule has 0 atom stereocenters. The van der Waals surface area contributed by atoms with Gasteiger partial charge in [0.05, 0.1) is 22.7 Å². The fourth-order valence-electron chi connectivity index (χ4n) is 3.04. The van der Waals surface area contributed by atoms with Crippen LogP contribution in [0.15, 0.2) is 79.0 Å². The molecule has 24 heavy (non-hydrogen) atoms. The van der Waals surface area contributed by atoms with E-state index in [1.807, 2.05) is 41.2 Å². The van der Waals surface area contributed by atoms with Gasteiger partial charge in [0.25, 0.3) is 0 Å². The molecule has 0 amide bonds. The van der Waals surface area contributed by atoms with Crippen molar-refractivity contribution in [3.8, 4) is 17.1 Å². The van der Waals surface area contributed by atoms with Crippen LogP contribution >= 0.6 is 0 Å². The molecule has 0 spiro atoms. The normalized spacial score (nSPS) is 11.3. The largest absolute Gasteiger partial charge is 0.322 e. The average molecular weight is 310 g/mol. The number of aromatic nitrogens is 4. The minimum absolute atomic E-state index is 0.733. The zero-order chi connectivity index (χ0) is 15.9. The van der Waals surface area contributed by atoms with Gasteiger partial charge in [0.2, 0.25) is 5.95 Å². The van der Waals surface area contributed by atoms with E-state index in [0.29, 0.717) is 0 Å². The lowest BCUT2D eigenvalue weighted by Crippen LogP contribution is -1.98. The standard InChI is InChI=1S/C20H14N4/c1-2-6-14(7-3-1)15-10-11-16-13-21-24(19(16)12-15)20-22-17-8-4-5-9-18(17)23-20/h1-13H,(H,22,23). The van der Waals surface area contributed by atoms with Crippen molar-refractivity contribution in [3.63, 3.8) is 0 Å². The molecule has 114 valence electrons. The molecule has 0 bridgehead atoms. The summed E-state index contributed by atoms with van der Waals surface area (Å²) in [4.78, 5) is 7.99. The highest BCUT2D eigenvalue weighted by Gasteiger charge is 2.10. The van der Waals surface area contributed by atoms with Gasteiger partial charge in [0.1, 0.15) is 0 Å². The number of nitrogens with one attached hydrogen (secondary N) is 1. The number of hydrogen-bond acceptors (Lipinski definition) is 2. The molecule has 0 fully saturated rings. The number of H-pyrrole nitrogens is 1. The highest BCUT2D eigenvalue weighted by molar-refractivity contribution is 5.86. The van der Waals surface area contributed by atoms with Crippen molar-refractivity contribution in [2.45, 2.75) is 0 Å². The average Bonchev–Trinajstić information content (AvgIpc) is 3.25. The van der Waals surface area contributed by atoms with Gasteiger partial charge in [0, 0.05) is 5.39 Å². The molecule has 2 aromatic heterocycles. The van der Waals surface area contributed by atoms with Crippen LogP contribution in [0.25, 0.3) is 39.0 Å². The van der Waals surface area contributed by atoms with Gasteiger partial charge < -0.3 is 4.98 Å². The molecule has 0 saturated heterocycles. The Bertz CT molecular complexity index is 1120. The first-order chi connectivity index (χ1) is 11.9. The van der Waals surface area contributed by atoms with Gasteiger partial charge in [-0.05, 0) is 29.3 Å². The summed E-state index contributed by atoms with van der Waals surface area (Å²) in [5, 5.41) is 5.61. The molecule has 1 N–H and O–H groups in total. The van der Waals surface area contributed by atoms with Crippen molar-refractivity contribution in [1.29, 1.82) is 0 Å². The Hall–Kier alpha value is -3.40. The highest BCUT2D eigenvalue weighted by atomic mass is 15.3. The van der Waals surface area contributed by atoms with Crippen LogP contribution in [0.5, 0.6) is 0 Å². The van der Waals surface area contributed by atoms with E-state index in [1.165, 1.54) is 11.1 Å². The Morgan fingerprint density at radius 3 is 2.50 bits per heavy atom. The Labute approximate surface area is 138 Å². The molecular formula is C20H14N4. The Morgan fingerprint density at radius 2 is 1.62 bits per heavy atom.